The zero-order chi connectivity index (χ0) is 11.3. The number of halogens is 1. The lowest BCUT2D eigenvalue weighted by Crippen LogP contribution is -2.23. The van der Waals surface area contributed by atoms with E-state index in [0.717, 1.165) is 4.47 Å². The van der Waals surface area contributed by atoms with Gasteiger partial charge in [-0.3, -0.25) is 0 Å². The van der Waals surface area contributed by atoms with Crippen molar-refractivity contribution in [3.63, 3.8) is 0 Å². The van der Waals surface area contributed by atoms with Crippen molar-refractivity contribution in [2.24, 2.45) is 0 Å². The minimum Gasteiger partial charge on any atom is -0.377 e. The average molecular weight is 272 g/mol. The van der Waals surface area contributed by atoms with Crippen molar-refractivity contribution in [1.82, 2.24) is 5.32 Å². The Morgan fingerprint density at radius 2 is 2.00 bits per heavy atom. The molecule has 3 heteroatoms. The molecule has 0 aromatic heterocycles. The lowest BCUT2D eigenvalue weighted by Gasteiger charge is -2.19. The number of hydrogen-bond acceptors (Lipinski definition) is 2. The van der Waals surface area contributed by atoms with Gasteiger partial charge < -0.3 is 10.1 Å². The van der Waals surface area contributed by atoms with Crippen LogP contribution in [0.3, 0.4) is 0 Å². The van der Waals surface area contributed by atoms with Crippen LogP contribution in [0.2, 0.25) is 0 Å². The van der Waals surface area contributed by atoms with Crippen molar-refractivity contribution < 1.29 is 4.74 Å². The Bertz CT molecular complexity index is 301. The van der Waals surface area contributed by atoms with Gasteiger partial charge in [0.25, 0.3) is 0 Å². The predicted molar refractivity (Wildman–Crippen MR) is 67.0 cm³/mol. The van der Waals surface area contributed by atoms with Crippen LogP contribution in [0.4, 0.5) is 0 Å². The maximum atomic E-state index is 5.62. The summed E-state index contributed by atoms with van der Waals surface area (Å²) in [5.74, 6) is 0. The summed E-state index contributed by atoms with van der Waals surface area (Å²) >= 11 is 3.55. The maximum absolute atomic E-state index is 5.62. The second-order valence-corrected chi connectivity index (χ2v) is 4.60. The monoisotopic (exact) mass is 271 g/mol. The zero-order valence-electron chi connectivity index (χ0n) is 9.46. The predicted octanol–water partition coefficient (Wildman–Crippen LogP) is 3.13. The van der Waals surface area contributed by atoms with Gasteiger partial charge in [0.05, 0.1) is 18.8 Å². The molecule has 0 bridgehead atoms. The summed E-state index contributed by atoms with van der Waals surface area (Å²) in [4.78, 5) is 0. The molecule has 0 aliphatic rings. The molecule has 84 valence electrons. The number of nitrogens with one attached hydrogen (secondary N) is 1. The number of hydrogen-bond donors (Lipinski definition) is 1. The second-order valence-electron chi connectivity index (χ2n) is 3.74. The van der Waals surface area contributed by atoms with E-state index in [1.807, 2.05) is 33.0 Å². The summed E-state index contributed by atoms with van der Waals surface area (Å²) < 4.78 is 6.74. The molecule has 0 saturated carbocycles. The smallest absolute Gasteiger partial charge is 0.0665 e. The van der Waals surface area contributed by atoms with Crippen molar-refractivity contribution in [2.75, 3.05) is 13.7 Å². The first-order chi connectivity index (χ1) is 7.15. The summed E-state index contributed by atoms with van der Waals surface area (Å²) in [6, 6.07) is 8.45. The van der Waals surface area contributed by atoms with E-state index in [0.29, 0.717) is 6.61 Å². The third kappa shape index (κ3) is 3.93. The Morgan fingerprint density at radius 3 is 2.53 bits per heavy atom. The molecule has 1 aromatic carbocycles. The molecule has 1 rings (SSSR count). The summed E-state index contributed by atoms with van der Waals surface area (Å²) in [7, 11) is 1.95. The van der Waals surface area contributed by atoms with Crippen molar-refractivity contribution in [3.05, 3.63) is 34.3 Å². The van der Waals surface area contributed by atoms with Gasteiger partial charge in [0, 0.05) is 4.47 Å². The van der Waals surface area contributed by atoms with E-state index in [9.17, 15) is 0 Å². The highest BCUT2D eigenvalue weighted by molar-refractivity contribution is 9.10. The molecule has 1 aromatic rings. The maximum Gasteiger partial charge on any atom is 0.0665 e. The summed E-state index contributed by atoms with van der Waals surface area (Å²) in [6.45, 7) is 4.79. The van der Waals surface area contributed by atoms with Crippen LogP contribution in [0.15, 0.2) is 28.7 Å². The van der Waals surface area contributed by atoms with Gasteiger partial charge in [-0.15, -0.1) is 0 Å². The van der Waals surface area contributed by atoms with Gasteiger partial charge in [-0.05, 0) is 32.5 Å². The van der Waals surface area contributed by atoms with Crippen molar-refractivity contribution in [1.29, 1.82) is 0 Å². The van der Waals surface area contributed by atoms with Crippen molar-refractivity contribution in [3.8, 4) is 0 Å². The largest absolute Gasteiger partial charge is 0.377 e. The van der Waals surface area contributed by atoms with Crippen LogP contribution in [-0.2, 0) is 4.74 Å². The summed E-state index contributed by atoms with van der Waals surface area (Å²) in [5.41, 5.74) is 1.24. The van der Waals surface area contributed by atoms with Crippen molar-refractivity contribution in [2.45, 2.75) is 26.0 Å². The number of benzene rings is 1. The van der Waals surface area contributed by atoms with Crippen molar-refractivity contribution >= 4 is 15.9 Å². The molecule has 0 heterocycles. The molecule has 1 N–H and O–H groups in total. The van der Waals surface area contributed by atoms with Gasteiger partial charge in [0.2, 0.25) is 0 Å². The molecule has 0 aliphatic heterocycles. The van der Waals surface area contributed by atoms with Gasteiger partial charge in [0.1, 0.15) is 0 Å². The number of ether oxygens (including phenoxy) is 1. The first-order valence-electron chi connectivity index (χ1n) is 5.18. The van der Waals surface area contributed by atoms with Crippen LogP contribution >= 0.6 is 15.9 Å². The quantitative estimate of drug-likeness (QED) is 0.889. The van der Waals surface area contributed by atoms with Crippen LogP contribution in [0.1, 0.15) is 25.5 Å². The van der Waals surface area contributed by atoms with E-state index in [2.05, 4.69) is 33.4 Å². The molecule has 0 fully saturated rings. The molecule has 2 nitrogen and oxygen atoms in total. The molecule has 1 atom stereocenters. The third-order valence-corrected chi connectivity index (χ3v) is 2.95. The van der Waals surface area contributed by atoms with Crippen LogP contribution in [-0.4, -0.2) is 19.8 Å². The molecule has 0 amide bonds. The zero-order valence-corrected chi connectivity index (χ0v) is 11.0. The van der Waals surface area contributed by atoms with Gasteiger partial charge in [0.15, 0.2) is 0 Å². The lowest BCUT2D eigenvalue weighted by atomic mass is 10.1. The minimum atomic E-state index is 0.239. The normalized spacial score (nSPS) is 13.1. The average Bonchev–Trinajstić information content (AvgIpc) is 2.21. The van der Waals surface area contributed by atoms with Gasteiger partial charge in [-0.2, -0.15) is 0 Å². The van der Waals surface area contributed by atoms with E-state index in [-0.39, 0.29) is 12.1 Å². The van der Waals surface area contributed by atoms with Crippen LogP contribution < -0.4 is 5.32 Å². The highest BCUT2D eigenvalue weighted by atomic mass is 79.9. The first-order valence-corrected chi connectivity index (χ1v) is 5.97. The Morgan fingerprint density at radius 1 is 1.33 bits per heavy atom. The van der Waals surface area contributed by atoms with Gasteiger partial charge in [-0.25, -0.2) is 0 Å². The van der Waals surface area contributed by atoms with Crippen LogP contribution in [0.5, 0.6) is 0 Å². The molecule has 0 saturated heterocycles. The van der Waals surface area contributed by atoms with Gasteiger partial charge in [-0.1, -0.05) is 34.1 Å². The molecule has 1 unspecified atom stereocenters. The second kappa shape index (κ2) is 6.26. The fraction of sp³-hybridized carbons (Fsp3) is 0.500. The van der Waals surface area contributed by atoms with Gasteiger partial charge >= 0.3 is 0 Å². The fourth-order valence-corrected chi connectivity index (χ4v) is 1.94. The van der Waals surface area contributed by atoms with E-state index in [1.165, 1.54) is 5.56 Å². The molecule has 15 heavy (non-hydrogen) atoms. The topological polar surface area (TPSA) is 21.3 Å². The summed E-state index contributed by atoms with van der Waals surface area (Å²) in [5, 5.41) is 3.26. The Balaban J connectivity index is 2.70. The molecular weight excluding hydrogens is 254 g/mol. The van der Waals surface area contributed by atoms with E-state index in [4.69, 9.17) is 4.74 Å². The Hall–Kier alpha value is -0.380. The molecular formula is C12H18BrNO. The highest BCUT2D eigenvalue weighted by Gasteiger charge is 2.12. The fourth-order valence-electron chi connectivity index (χ4n) is 1.37. The molecule has 0 spiro atoms. The number of likely N-dealkylation sites (N-methyl/N-ethyl adjacent to an activating group) is 1. The van der Waals surface area contributed by atoms with E-state index >= 15 is 0 Å². The Kier molecular flexibility index (Phi) is 5.29. The Labute approximate surface area is 100 Å². The molecule has 0 radical (unpaired) electrons. The molecule has 0 aliphatic carbocycles. The third-order valence-electron chi connectivity index (χ3n) is 2.23. The lowest BCUT2D eigenvalue weighted by molar-refractivity contribution is 0.0625. The SMILES string of the molecule is CNC(COC(C)C)c1ccccc1Br. The summed E-state index contributed by atoms with van der Waals surface area (Å²) in [6.07, 6.45) is 0.267. The van der Waals surface area contributed by atoms with E-state index in [1.54, 1.807) is 0 Å². The number of rotatable bonds is 5. The van der Waals surface area contributed by atoms with Crippen LogP contribution in [0, 0.1) is 0 Å². The first kappa shape index (κ1) is 12.7. The van der Waals surface area contributed by atoms with Crippen LogP contribution in [0.25, 0.3) is 0 Å². The standard InChI is InChI=1S/C12H18BrNO/c1-9(2)15-8-12(14-3)10-6-4-5-7-11(10)13/h4-7,9,12,14H,8H2,1-3H3. The van der Waals surface area contributed by atoms with E-state index < -0.39 is 0 Å². The highest BCUT2D eigenvalue weighted by Crippen LogP contribution is 2.23. The minimum absolute atomic E-state index is 0.239.